The molecule has 0 radical (unpaired) electrons. The minimum absolute atomic E-state index is 0.00249. The van der Waals surface area contributed by atoms with Crippen LogP contribution in [0.5, 0.6) is 0 Å². The zero-order valence-electron chi connectivity index (χ0n) is 12.7. The first-order valence-electron chi connectivity index (χ1n) is 7.53. The maximum absolute atomic E-state index is 10.1. The second kappa shape index (κ2) is 7.21. The lowest BCUT2D eigenvalue weighted by Crippen LogP contribution is -2.46. The third kappa shape index (κ3) is 4.05. The van der Waals surface area contributed by atoms with Crippen molar-refractivity contribution < 1.29 is 14.6 Å². The monoisotopic (exact) mass is 278 g/mol. The average Bonchev–Trinajstić information content (AvgIpc) is 2.43. The van der Waals surface area contributed by atoms with Crippen molar-refractivity contribution in [1.82, 2.24) is 0 Å². The molecule has 0 aromatic heterocycles. The van der Waals surface area contributed by atoms with E-state index in [1.165, 1.54) is 0 Å². The molecule has 0 bridgehead atoms. The summed E-state index contributed by atoms with van der Waals surface area (Å²) >= 11 is 0. The molecule has 0 aliphatic carbocycles. The molecule has 0 unspecified atom stereocenters. The minimum Gasteiger partial charge on any atom is -0.393 e. The van der Waals surface area contributed by atoms with Gasteiger partial charge in [-0.2, -0.15) is 0 Å². The van der Waals surface area contributed by atoms with Gasteiger partial charge in [-0.1, -0.05) is 51.1 Å². The molecule has 1 aliphatic rings. The van der Waals surface area contributed by atoms with Crippen molar-refractivity contribution in [3.63, 3.8) is 0 Å². The van der Waals surface area contributed by atoms with Crippen LogP contribution in [-0.2, 0) is 16.1 Å². The first-order chi connectivity index (χ1) is 9.58. The van der Waals surface area contributed by atoms with Gasteiger partial charge in [0.05, 0.1) is 31.5 Å². The first kappa shape index (κ1) is 15.5. The second-order valence-electron chi connectivity index (χ2n) is 6.13. The summed E-state index contributed by atoms with van der Waals surface area (Å²) in [4.78, 5) is 0. The Bertz CT molecular complexity index is 390. The predicted octanol–water partition coefficient (Wildman–Crippen LogP) is 3.01. The van der Waals surface area contributed by atoms with Gasteiger partial charge in [-0.15, -0.1) is 0 Å². The van der Waals surface area contributed by atoms with Crippen molar-refractivity contribution in [1.29, 1.82) is 0 Å². The Morgan fingerprint density at radius 3 is 2.65 bits per heavy atom. The fraction of sp³-hybridized carbons (Fsp3) is 0.647. The molecule has 1 N–H and O–H groups in total. The van der Waals surface area contributed by atoms with E-state index < -0.39 is 0 Å². The SMILES string of the molecule is CC(C)[C@H]1O[C@@H](COCc2ccccc2)C[C@@H](O)[C@@H]1C. The fourth-order valence-electron chi connectivity index (χ4n) is 2.86. The molecule has 0 spiro atoms. The standard InChI is InChI=1S/C17H26O3/c1-12(2)17-13(3)16(18)9-15(20-17)11-19-10-14-7-5-4-6-8-14/h4-8,12-13,15-18H,9-11H2,1-3H3/t13-,15+,16+,17+/m0/s1. The predicted molar refractivity (Wildman–Crippen MR) is 79.4 cm³/mol. The van der Waals surface area contributed by atoms with E-state index in [2.05, 4.69) is 32.9 Å². The number of ether oxygens (including phenoxy) is 2. The molecule has 1 fully saturated rings. The first-order valence-corrected chi connectivity index (χ1v) is 7.53. The lowest BCUT2D eigenvalue weighted by molar-refractivity contribution is -0.164. The maximum atomic E-state index is 10.1. The number of rotatable bonds is 5. The number of hydrogen-bond donors (Lipinski definition) is 1. The topological polar surface area (TPSA) is 38.7 Å². The van der Waals surface area contributed by atoms with E-state index in [0.717, 1.165) is 5.56 Å². The highest BCUT2D eigenvalue weighted by Gasteiger charge is 2.36. The summed E-state index contributed by atoms with van der Waals surface area (Å²) in [6, 6.07) is 10.1. The fourth-order valence-corrected chi connectivity index (χ4v) is 2.86. The largest absolute Gasteiger partial charge is 0.393 e. The van der Waals surface area contributed by atoms with E-state index in [1.807, 2.05) is 18.2 Å². The third-order valence-corrected chi connectivity index (χ3v) is 4.05. The maximum Gasteiger partial charge on any atom is 0.0837 e. The zero-order valence-corrected chi connectivity index (χ0v) is 12.7. The van der Waals surface area contributed by atoms with Crippen molar-refractivity contribution in [2.45, 2.75) is 52.1 Å². The molecule has 112 valence electrons. The minimum atomic E-state index is -0.290. The molecule has 1 aliphatic heterocycles. The number of benzene rings is 1. The Balaban J connectivity index is 1.81. The molecule has 1 heterocycles. The molecule has 1 saturated heterocycles. The van der Waals surface area contributed by atoms with Gasteiger partial charge in [0.1, 0.15) is 0 Å². The molecule has 3 heteroatoms. The van der Waals surface area contributed by atoms with Crippen LogP contribution in [0, 0.1) is 11.8 Å². The van der Waals surface area contributed by atoms with Gasteiger partial charge in [0.2, 0.25) is 0 Å². The summed E-state index contributed by atoms with van der Waals surface area (Å²) in [5.41, 5.74) is 1.16. The number of aliphatic hydroxyl groups is 1. The van der Waals surface area contributed by atoms with Crippen molar-refractivity contribution in [2.75, 3.05) is 6.61 Å². The van der Waals surface area contributed by atoms with Gasteiger partial charge < -0.3 is 14.6 Å². The molecule has 1 aromatic rings. The molecule has 3 nitrogen and oxygen atoms in total. The van der Waals surface area contributed by atoms with Crippen LogP contribution in [0.3, 0.4) is 0 Å². The molecule has 2 rings (SSSR count). The van der Waals surface area contributed by atoms with Crippen molar-refractivity contribution >= 4 is 0 Å². The van der Waals surface area contributed by atoms with E-state index in [1.54, 1.807) is 0 Å². The van der Waals surface area contributed by atoms with Crippen LogP contribution in [0.4, 0.5) is 0 Å². The van der Waals surface area contributed by atoms with Crippen molar-refractivity contribution in [2.24, 2.45) is 11.8 Å². The van der Waals surface area contributed by atoms with E-state index in [-0.39, 0.29) is 24.2 Å². The average molecular weight is 278 g/mol. The van der Waals surface area contributed by atoms with Crippen LogP contribution in [0.2, 0.25) is 0 Å². The van der Waals surface area contributed by atoms with Gasteiger partial charge in [-0.25, -0.2) is 0 Å². The van der Waals surface area contributed by atoms with Gasteiger partial charge >= 0.3 is 0 Å². The van der Waals surface area contributed by atoms with Crippen LogP contribution >= 0.6 is 0 Å². The van der Waals surface area contributed by atoms with Crippen LogP contribution in [0.15, 0.2) is 30.3 Å². The Kier molecular flexibility index (Phi) is 5.58. The van der Waals surface area contributed by atoms with Gasteiger partial charge in [-0.3, -0.25) is 0 Å². The highest BCUT2D eigenvalue weighted by molar-refractivity contribution is 5.13. The van der Waals surface area contributed by atoms with E-state index in [9.17, 15) is 5.11 Å². The van der Waals surface area contributed by atoms with Crippen LogP contribution in [0.25, 0.3) is 0 Å². The quantitative estimate of drug-likeness (QED) is 0.900. The lowest BCUT2D eigenvalue weighted by atomic mass is 9.85. The molecule has 0 saturated carbocycles. The Morgan fingerprint density at radius 2 is 2.00 bits per heavy atom. The van der Waals surface area contributed by atoms with Gasteiger partial charge in [0.25, 0.3) is 0 Å². The number of aliphatic hydroxyl groups excluding tert-OH is 1. The highest BCUT2D eigenvalue weighted by atomic mass is 16.5. The van der Waals surface area contributed by atoms with Crippen LogP contribution in [-0.4, -0.2) is 30.0 Å². The summed E-state index contributed by atoms with van der Waals surface area (Å²) in [6.45, 7) is 7.49. The van der Waals surface area contributed by atoms with Crippen LogP contribution < -0.4 is 0 Å². The summed E-state index contributed by atoms with van der Waals surface area (Å²) in [5.74, 6) is 0.608. The van der Waals surface area contributed by atoms with Gasteiger partial charge in [0, 0.05) is 12.3 Å². The Labute approximate surface area is 121 Å². The normalized spacial score (nSPS) is 30.6. The number of hydrogen-bond acceptors (Lipinski definition) is 3. The van der Waals surface area contributed by atoms with E-state index in [4.69, 9.17) is 9.47 Å². The lowest BCUT2D eigenvalue weighted by Gasteiger charge is -2.40. The second-order valence-corrected chi connectivity index (χ2v) is 6.13. The molecular weight excluding hydrogens is 252 g/mol. The van der Waals surface area contributed by atoms with E-state index >= 15 is 0 Å². The van der Waals surface area contributed by atoms with Crippen LogP contribution in [0.1, 0.15) is 32.8 Å². The summed E-state index contributed by atoms with van der Waals surface area (Å²) in [6.07, 6.45) is 0.488. The van der Waals surface area contributed by atoms with Crippen molar-refractivity contribution in [3.8, 4) is 0 Å². The highest BCUT2D eigenvalue weighted by Crippen LogP contribution is 2.30. The van der Waals surface area contributed by atoms with Gasteiger partial charge in [-0.05, 0) is 11.5 Å². The molecule has 4 atom stereocenters. The molecule has 1 aromatic carbocycles. The van der Waals surface area contributed by atoms with Crippen molar-refractivity contribution in [3.05, 3.63) is 35.9 Å². The molecule has 20 heavy (non-hydrogen) atoms. The van der Waals surface area contributed by atoms with E-state index in [0.29, 0.717) is 25.6 Å². The summed E-state index contributed by atoms with van der Waals surface area (Å²) < 4.78 is 11.8. The Morgan fingerprint density at radius 1 is 1.30 bits per heavy atom. The summed E-state index contributed by atoms with van der Waals surface area (Å²) in [5, 5.41) is 10.1. The van der Waals surface area contributed by atoms with Gasteiger partial charge in [0.15, 0.2) is 0 Å². The third-order valence-electron chi connectivity index (χ3n) is 4.05. The smallest absolute Gasteiger partial charge is 0.0837 e. The molecular formula is C17H26O3. The zero-order chi connectivity index (χ0) is 14.5. The molecule has 0 amide bonds. The summed E-state index contributed by atoms with van der Waals surface area (Å²) in [7, 11) is 0. The Hall–Kier alpha value is -0.900.